The van der Waals surface area contributed by atoms with E-state index in [1.165, 1.54) is 0 Å². The first-order chi connectivity index (χ1) is 8.25. The van der Waals surface area contributed by atoms with Gasteiger partial charge < -0.3 is 9.84 Å². The summed E-state index contributed by atoms with van der Waals surface area (Å²) in [4.78, 5) is 0. The minimum absolute atomic E-state index is 0.437. The van der Waals surface area contributed by atoms with Crippen LogP contribution in [0.3, 0.4) is 0 Å². The van der Waals surface area contributed by atoms with E-state index >= 15 is 0 Å². The molecule has 2 rings (SSSR count). The van der Waals surface area contributed by atoms with Crippen LogP contribution in [-0.4, -0.2) is 21.5 Å². The number of ether oxygens (including phenoxy) is 1. The molecule has 1 heterocycles. The largest absolute Gasteiger partial charge is 0.492 e. The highest BCUT2D eigenvalue weighted by Gasteiger charge is 2.00. The molecule has 1 aromatic carbocycles. The minimum atomic E-state index is -0.437. The summed E-state index contributed by atoms with van der Waals surface area (Å²) in [6.07, 6.45) is 3.21. The van der Waals surface area contributed by atoms with Crippen LogP contribution in [0.15, 0.2) is 42.7 Å². The minimum Gasteiger partial charge on any atom is -0.492 e. The number of rotatable bonds is 5. The van der Waals surface area contributed by atoms with Crippen molar-refractivity contribution in [1.82, 2.24) is 9.78 Å². The summed E-state index contributed by atoms with van der Waals surface area (Å²) in [5.41, 5.74) is 0.893. The maximum Gasteiger partial charge on any atom is 0.119 e. The zero-order valence-electron chi connectivity index (χ0n) is 9.78. The van der Waals surface area contributed by atoms with E-state index in [0.717, 1.165) is 17.9 Å². The first kappa shape index (κ1) is 11.7. The molecule has 0 aliphatic rings. The maximum atomic E-state index is 9.36. The van der Waals surface area contributed by atoms with Gasteiger partial charge in [-0.25, -0.2) is 0 Å². The summed E-state index contributed by atoms with van der Waals surface area (Å²) in [7, 11) is 0. The molecule has 0 saturated heterocycles. The Bertz CT molecular complexity index is 435. The van der Waals surface area contributed by atoms with E-state index < -0.39 is 6.10 Å². The van der Waals surface area contributed by atoms with E-state index in [1.54, 1.807) is 13.1 Å². The molecular weight excluding hydrogens is 216 g/mol. The van der Waals surface area contributed by atoms with Crippen molar-refractivity contribution in [2.45, 2.75) is 19.6 Å². The van der Waals surface area contributed by atoms with Gasteiger partial charge in [-0.1, -0.05) is 12.1 Å². The molecule has 1 aromatic heterocycles. The van der Waals surface area contributed by atoms with Crippen LogP contribution in [0.2, 0.25) is 0 Å². The Labute approximate surface area is 100 Å². The Balaban J connectivity index is 1.83. The molecular formula is C13H16N2O2. The van der Waals surface area contributed by atoms with Crippen LogP contribution in [-0.2, 0) is 6.54 Å². The Morgan fingerprint density at radius 3 is 2.71 bits per heavy atom. The summed E-state index contributed by atoms with van der Waals surface area (Å²) < 4.78 is 7.40. The number of aliphatic hydroxyl groups excluding tert-OH is 1. The molecule has 0 fully saturated rings. The molecule has 0 saturated carbocycles. The zero-order valence-corrected chi connectivity index (χ0v) is 9.78. The number of nitrogens with zero attached hydrogens (tertiary/aromatic N) is 2. The monoisotopic (exact) mass is 232 g/mol. The molecule has 90 valence electrons. The van der Waals surface area contributed by atoms with Crippen molar-refractivity contribution in [3.05, 3.63) is 48.3 Å². The SMILES string of the molecule is C[C@@H](O)c1ccc(OCCn2cccn2)cc1. The Morgan fingerprint density at radius 1 is 1.35 bits per heavy atom. The van der Waals surface area contributed by atoms with Crippen molar-refractivity contribution in [2.75, 3.05) is 6.61 Å². The van der Waals surface area contributed by atoms with E-state index in [1.807, 2.05) is 41.2 Å². The second kappa shape index (κ2) is 5.50. The lowest BCUT2D eigenvalue weighted by atomic mass is 10.1. The molecule has 1 atom stereocenters. The van der Waals surface area contributed by atoms with Crippen LogP contribution in [0, 0.1) is 0 Å². The second-order valence-corrected chi connectivity index (χ2v) is 3.86. The van der Waals surface area contributed by atoms with Crippen molar-refractivity contribution in [3.8, 4) is 5.75 Å². The molecule has 2 aromatic rings. The normalized spacial score (nSPS) is 12.4. The van der Waals surface area contributed by atoms with E-state index in [0.29, 0.717) is 6.61 Å². The topological polar surface area (TPSA) is 47.3 Å². The van der Waals surface area contributed by atoms with Crippen molar-refractivity contribution in [2.24, 2.45) is 0 Å². The van der Waals surface area contributed by atoms with Gasteiger partial charge in [0.15, 0.2) is 0 Å². The molecule has 1 N–H and O–H groups in total. The van der Waals surface area contributed by atoms with Crippen molar-refractivity contribution in [1.29, 1.82) is 0 Å². The Kier molecular flexibility index (Phi) is 3.77. The fraction of sp³-hybridized carbons (Fsp3) is 0.308. The summed E-state index contributed by atoms with van der Waals surface area (Å²) in [6, 6.07) is 9.36. The maximum absolute atomic E-state index is 9.36. The molecule has 0 unspecified atom stereocenters. The standard InChI is InChI=1S/C13H16N2O2/c1-11(16)12-3-5-13(6-4-12)17-10-9-15-8-2-7-14-15/h2-8,11,16H,9-10H2,1H3/t11-/m1/s1. The number of hydrogen-bond donors (Lipinski definition) is 1. The molecule has 0 bridgehead atoms. The van der Waals surface area contributed by atoms with E-state index in [2.05, 4.69) is 5.10 Å². The Morgan fingerprint density at radius 2 is 2.12 bits per heavy atom. The molecule has 0 spiro atoms. The number of aromatic nitrogens is 2. The van der Waals surface area contributed by atoms with Crippen LogP contribution in [0.25, 0.3) is 0 Å². The van der Waals surface area contributed by atoms with Gasteiger partial charge in [0.05, 0.1) is 12.6 Å². The lowest BCUT2D eigenvalue weighted by molar-refractivity contribution is 0.199. The van der Waals surface area contributed by atoms with E-state index in [4.69, 9.17) is 4.74 Å². The van der Waals surface area contributed by atoms with Gasteiger partial charge in [-0.2, -0.15) is 5.10 Å². The van der Waals surface area contributed by atoms with Crippen LogP contribution in [0.5, 0.6) is 5.75 Å². The van der Waals surface area contributed by atoms with Gasteiger partial charge in [0.1, 0.15) is 12.4 Å². The summed E-state index contributed by atoms with van der Waals surface area (Å²) in [5.74, 6) is 0.807. The Hall–Kier alpha value is -1.81. The fourth-order valence-corrected chi connectivity index (χ4v) is 1.53. The number of aliphatic hydroxyl groups is 1. The zero-order chi connectivity index (χ0) is 12.1. The lowest BCUT2D eigenvalue weighted by Crippen LogP contribution is -2.08. The van der Waals surface area contributed by atoms with Gasteiger partial charge in [-0.3, -0.25) is 4.68 Å². The van der Waals surface area contributed by atoms with Gasteiger partial charge in [-0.15, -0.1) is 0 Å². The summed E-state index contributed by atoms with van der Waals surface area (Å²) in [6.45, 7) is 3.05. The van der Waals surface area contributed by atoms with E-state index in [9.17, 15) is 5.11 Å². The van der Waals surface area contributed by atoms with Gasteiger partial charge >= 0.3 is 0 Å². The van der Waals surface area contributed by atoms with Crippen LogP contribution in [0.1, 0.15) is 18.6 Å². The predicted octanol–water partition coefficient (Wildman–Crippen LogP) is 2.02. The molecule has 0 amide bonds. The average molecular weight is 232 g/mol. The molecule has 0 aliphatic heterocycles. The number of benzene rings is 1. The molecule has 17 heavy (non-hydrogen) atoms. The smallest absolute Gasteiger partial charge is 0.119 e. The highest BCUT2D eigenvalue weighted by Crippen LogP contribution is 2.17. The third kappa shape index (κ3) is 3.32. The molecule has 0 radical (unpaired) electrons. The summed E-state index contributed by atoms with van der Waals surface area (Å²) >= 11 is 0. The van der Waals surface area contributed by atoms with E-state index in [-0.39, 0.29) is 0 Å². The van der Waals surface area contributed by atoms with Crippen LogP contribution in [0.4, 0.5) is 0 Å². The highest BCUT2D eigenvalue weighted by molar-refractivity contribution is 5.28. The van der Waals surface area contributed by atoms with Gasteiger partial charge in [0, 0.05) is 12.4 Å². The molecule has 4 heteroatoms. The van der Waals surface area contributed by atoms with Crippen LogP contribution < -0.4 is 4.74 Å². The van der Waals surface area contributed by atoms with Crippen molar-refractivity contribution < 1.29 is 9.84 Å². The first-order valence-electron chi connectivity index (χ1n) is 5.64. The second-order valence-electron chi connectivity index (χ2n) is 3.86. The third-order valence-corrected chi connectivity index (χ3v) is 2.51. The lowest BCUT2D eigenvalue weighted by Gasteiger charge is -2.08. The summed E-state index contributed by atoms with van der Waals surface area (Å²) in [5, 5.41) is 13.5. The predicted molar refractivity (Wildman–Crippen MR) is 64.8 cm³/mol. The van der Waals surface area contributed by atoms with Gasteiger partial charge in [-0.05, 0) is 30.7 Å². The highest BCUT2D eigenvalue weighted by atomic mass is 16.5. The number of hydrogen-bond acceptors (Lipinski definition) is 3. The quantitative estimate of drug-likeness (QED) is 0.857. The van der Waals surface area contributed by atoms with Gasteiger partial charge in [0.2, 0.25) is 0 Å². The first-order valence-corrected chi connectivity index (χ1v) is 5.64. The molecule has 4 nitrogen and oxygen atoms in total. The fourth-order valence-electron chi connectivity index (χ4n) is 1.53. The van der Waals surface area contributed by atoms with Crippen molar-refractivity contribution in [3.63, 3.8) is 0 Å². The third-order valence-electron chi connectivity index (χ3n) is 2.51. The van der Waals surface area contributed by atoms with Crippen molar-refractivity contribution >= 4 is 0 Å². The average Bonchev–Trinajstić information content (AvgIpc) is 2.83. The van der Waals surface area contributed by atoms with Gasteiger partial charge in [0.25, 0.3) is 0 Å². The van der Waals surface area contributed by atoms with Crippen LogP contribution >= 0.6 is 0 Å². The molecule has 0 aliphatic carbocycles.